The Bertz CT molecular complexity index is 470. The van der Waals surface area contributed by atoms with Crippen LogP contribution in [0.2, 0.25) is 0 Å². The van der Waals surface area contributed by atoms with E-state index in [2.05, 4.69) is 9.97 Å². The lowest BCUT2D eigenvalue weighted by molar-refractivity contribution is 1.21. The molecule has 0 saturated carbocycles. The largest absolute Gasteiger partial charge is 0.244 e. The topological polar surface area (TPSA) is 49.6 Å². The van der Waals surface area contributed by atoms with Crippen molar-refractivity contribution in [2.24, 2.45) is 0 Å². The molecule has 1 aromatic carbocycles. The fourth-order valence-electron chi connectivity index (χ4n) is 1.12. The molecule has 2 rings (SSSR count). The molecule has 0 saturated heterocycles. The van der Waals surface area contributed by atoms with Gasteiger partial charge in [-0.3, -0.25) is 0 Å². The molecule has 62 valence electrons. The molecule has 0 amide bonds. The molecule has 0 spiro atoms. The molecule has 2 aromatic rings. The van der Waals surface area contributed by atoms with Gasteiger partial charge in [-0.25, -0.2) is 9.97 Å². The Morgan fingerprint density at radius 1 is 1.38 bits per heavy atom. The van der Waals surface area contributed by atoms with Crippen LogP contribution >= 0.6 is 11.8 Å². The SMILES string of the molecule is N#CSc1cccc2ncncc12. The van der Waals surface area contributed by atoms with Crippen LogP contribution in [0.25, 0.3) is 10.9 Å². The molecule has 0 aliphatic heterocycles. The average molecular weight is 187 g/mol. The lowest BCUT2D eigenvalue weighted by Crippen LogP contribution is -1.81. The smallest absolute Gasteiger partial charge is 0.138 e. The normalized spacial score (nSPS) is 9.77. The highest BCUT2D eigenvalue weighted by molar-refractivity contribution is 8.04. The fourth-order valence-corrected chi connectivity index (χ4v) is 1.63. The van der Waals surface area contributed by atoms with Gasteiger partial charge in [-0.15, -0.1) is 0 Å². The third kappa shape index (κ3) is 1.46. The standard InChI is InChI=1S/C9H5N3S/c10-5-13-9-3-1-2-8-7(9)4-11-6-12-8/h1-4,6H. The summed E-state index contributed by atoms with van der Waals surface area (Å²) in [5.41, 5.74) is 0.871. The predicted molar refractivity (Wildman–Crippen MR) is 51.0 cm³/mol. The first kappa shape index (κ1) is 8.02. The first-order valence-corrected chi connectivity index (χ1v) is 4.48. The highest BCUT2D eigenvalue weighted by atomic mass is 32.2. The molecule has 3 nitrogen and oxygen atoms in total. The second-order valence-corrected chi connectivity index (χ2v) is 3.23. The summed E-state index contributed by atoms with van der Waals surface area (Å²) in [6, 6.07) is 5.67. The van der Waals surface area contributed by atoms with E-state index in [0.29, 0.717) is 0 Å². The van der Waals surface area contributed by atoms with E-state index in [-0.39, 0.29) is 0 Å². The zero-order valence-corrected chi connectivity index (χ0v) is 7.45. The van der Waals surface area contributed by atoms with Gasteiger partial charge < -0.3 is 0 Å². The highest BCUT2D eigenvalue weighted by Crippen LogP contribution is 2.24. The van der Waals surface area contributed by atoms with Crippen LogP contribution in [0, 0.1) is 10.7 Å². The summed E-state index contributed by atoms with van der Waals surface area (Å²) >= 11 is 1.13. The molecule has 0 aliphatic carbocycles. The molecule has 0 radical (unpaired) electrons. The first-order valence-electron chi connectivity index (χ1n) is 3.66. The van der Waals surface area contributed by atoms with Gasteiger partial charge in [-0.2, -0.15) is 5.26 Å². The van der Waals surface area contributed by atoms with E-state index in [1.807, 2.05) is 23.6 Å². The van der Waals surface area contributed by atoms with Gasteiger partial charge in [-0.05, 0) is 23.9 Å². The van der Waals surface area contributed by atoms with E-state index >= 15 is 0 Å². The van der Waals surface area contributed by atoms with Crippen molar-refractivity contribution in [3.63, 3.8) is 0 Å². The van der Waals surface area contributed by atoms with Crippen molar-refractivity contribution in [2.45, 2.75) is 4.90 Å². The number of thioether (sulfide) groups is 1. The van der Waals surface area contributed by atoms with Crippen molar-refractivity contribution >= 4 is 22.7 Å². The molecular formula is C9H5N3S. The molecule has 0 fully saturated rings. The van der Waals surface area contributed by atoms with Gasteiger partial charge in [0.1, 0.15) is 11.7 Å². The number of nitrogens with zero attached hydrogens (tertiary/aromatic N) is 3. The molecule has 0 aliphatic rings. The van der Waals surface area contributed by atoms with Crippen LogP contribution in [0.4, 0.5) is 0 Å². The van der Waals surface area contributed by atoms with E-state index in [1.54, 1.807) is 6.20 Å². The van der Waals surface area contributed by atoms with Gasteiger partial charge in [-0.1, -0.05) is 6.07 Å². The summed E-state index contributed by atoms with van der Waals surface area (Å²) in [6.45, 7) is 0. The van der Waals surface area contributed by atoms with E-state index < -0.39 is 0 Å². The Morgan fingerprint density at radius 2 is 2.31 bits per heavy atom. The molecule has 0 atom stereocenters. The quantitative estimate of drug-likeness (QED) is 0.507. The third-order valence-electron chi connectivity index (χ3n) is 1.67. The van der Waals surface area contributed by atoms with Crippen LogP contribution in [0.3, 0.4) is 0 Å². The number of hydrogen-bond acceptors (Lipinski definition) is 4. The van der Waals surface area contributed by atoms with Crippen molar-refractivity contribution in [3.05, 3.63) is 30.7 Å². The van der Waals surface area contributed by atoms with Gasteiger partial charge in [0.15, 0.2) is 0 Å². The lowest BCUT2D eigenvalue weighted by atomic mass is 10.2. The van der Waals surface area contributed by atoms with Crippen LogP contribution < -0.4 is 0 Å². The molecule has 0 bridgehead atoms. The Morgan fingerprint density at radius 3 is 3.15 bits per heavy atom. The third-order valence-corrected chi connectivity index (χ3v) is 2.33. The lowest BCUT2D eigenvalue weighted by Gasteiger charge is -1.98. The number of fused-ring (bicyclic) bond motifs is 1. The molecular weight excluding hydrogens is 182 g/mol. The zero-order chi connectivity index (χ0) is 9.10. The second-order valence-electron chi connectivity index (χ2n) is 2.41. The predicted octanol–water partition coefficient (Wildman–Crippen LogP) is 2.20. The molecule has 1 heterocycles. The van der Waals surface area contributed by atoms with Crippen LogP contribution in [0.1, 0.15) is 0 Å². The number of rotatable bonds is 1. The van der Waals surface area contributed by atoms with Gasteiger partial charge in [0.2, 0.25) is 0 Å². The molecule has 1 aromatic heterocycles. The second kappa shape index (κ2) is 3.42. The number of aromatic nitrogens is 2. The van der Waals surface area contributed by atoms with Gasteiger partial charge in [0.05, 0.1) is 5.52 Å². The number of nitriles is 1. The number of thiocyanates is 1. The Hall–Kier alpha value is -1.60. The van der Waals surface area contributed by atoms with Crippen molar-refractivity contribution in [1.29, 1.82) is 5.26 Å². The fraction of sp³-hybridized carbons (Fsp3) is 0. The van der Waals surface area contributed by atoms with Gasteiger partial charge in [0.25, 0.3) is 0 Å². The van der Waals surface area contributed by atoms with Gasteiger partial charge in [0, 0.05) is 16.5 Å². The zero-order valence-electron chi connectivity index (χ0n) is 6.64. The van der Waals surface area contributed by atoms with Crippen molar-refractivity contribution < 1.29 is 0 Å². The summed E-state index contributed by atoms with van der Waals surface area (Å²) in [6.07, 6.45) is 3.23. The Kier molecular flexibility index (Phi) is 2.11. The number of hydrogen-bond donors (Lipinski definition) is 0. The number of benzene rings is 1. The maximum Gasteiger partial charge on any atom is 0.138 e. The van der Waals surface area contributed by atoms with Crippen LogP contribution in [-0.4, -0.2) is 9.97 Å². The first-order chi connectivity index (χ1) is 6.42. The summed E-state index contributed by atoms with van der Waals surface area (Å²) < 4.78 is 0. The van der Waals surface area contributed by atoms with Crippen LogP contribution in [-0.2, 0) is 0 Å². The summed E-state index contributed by atoms with van der Waals surface area (Å²) in [5, 5.41) is 11.5. The minimum atomic E-state index is 0.871. The maximum absolute atomic E-state index is 8.55. The average Bonchev–Trinajstić information content (AvgIpc) is 2.19. The van der Waals surface area contributed by atoms with Crippen molar-refractivity contribution in [2.75, 3.05) is 0 Å². The molecule has 13 heavy (non-hydrogen) atoms. The Labute approximate surface area is 79.4 Å². The Balaban J connectivity index is 2.70. The molecule has 0 unspecified atom stereocenters. The van der Waals surface area contributed by atoms with E-state index in [1.165, 1.54) is 6.33 Å². The minimum Gasteiger partial charge on any atom is -0.244 e. The van der Waals surface area contributed by atoms with Gasteiger partial charge >= 0.3 is 0 Å². The van der Waals surface area contributed by atoms with Crippen molar-refractivity contribution in [3.8, 4) is 5.40 Å². The van der Waals surface area contributed by atoms with Crippen LogP contribution in [0.5, 0.6) is 0 Å². The van der Waals surface area contributed by atoms with E-state index in [0.717, 1.165) is 27.6 Å². The monoisotopic (exact) mass is 187 g/mol. The van der Waals surface area contributed by atoms with E-state index in [4.69, 9.17) is 5.26 Å². The molecule has 0 N–H and O–H groups in total. The summed E-state index contributed by atoms with van der Waals surface area (Å²) in [7, 11) is 0. The van der Waals surface area contributed by atoms with E-state index in [9.17, 15) is 0 Å². The maximum atomic E-state index is 8.55. The molecule has 4 heteroatoms. The van der Waals surface area contributed by atoms with Crippen LogP contribution in [0.15, 0.2) is 35.6 Å². The van der Waals surface area contributed by atoms with Crippen molar-refractivity contribution in [1.82, 2.24) is 9.97 Å². The summed E-state index contributed by atoms with van der Waals surface area (Å²) in [5.74, 6) is 0. The minimum absolute atomic E-state index is 0.871. The summed E-state index contributed by atoms with van der Waals surface area (Å²) in [4.78, 5) is 8.92. The highest BCUT2D eigenvalue weighted by Gasteiger charge is 2.00.